The number of phenolic OH excluding ortho intramolecular Hbond substituents is 1. The Kier molecular flexibility index (Phi) is 12.8. The molecule has 1 atom stereocenters. The summed E-state index contributed by atoms with van der Waals surface area (Å²) in [6.45, 7) is 8.68. The second-order valence-corrected chi connectivity index (χ2v) is 12.0. The maximum absolute atomic E-state index is 11.0. The molecule has 2 heteroatoms. The molecular weight excluding hydrogens is 464 g/mol. The van der Waals surface area contributed by atoms with E-state index in [1.54, 1.807) is 0 Å². The Morgan fingerprint density at radius 3 is 1.89 bits per heavy atom. The van der Waals surface area contributed by atoms with Crippen LogP contribution in [0.15, 0.2) is 30.3 Å². The zero-order valence-corrected chi connectivity index (χ0v) is 24.9. The van der Waals surface area contributed by atoms with Crippen LogP contribution in [0.4, 0.5) is 0 Å². The van der Waals surface area contributed by atoms with Crippen LogP contribution in [0.3, 0.4) is 0 Å². The molecule has 1 aliphatic rings. The lowest BCUT2D eigenvalue weighted by atomic mass is 9.84. The van der Waals surface area contributed by atoms with Crippen molar-refractivity contribution in [3.63, 3.8) is 0 Å². The van der Waals surface area contributed by atoms with Crippen molar-refractivity contribution < 1.29 is 9.84 Å². The first-order valence-electron chi connectivity index (χ1n) is 15.7. The highest BCUT2D eigenvalue weighted by molar-refractivity contribution is 5.78. The second-order valence-electron chi connectivity index (χ2n) is 12.0. The summed E-state index contributed by atoms with van der Waals surface area (Å²) in [6, 6.07) is 10.3. The molecule has 1 N–H and O–H groups in total. The van der Waals surface area contributed by atoms with Gasteiger partial charge < -0.3 is 9.84 Å². The average molecular weight is 519 g/mol. The molecule has 0 aromatic heterocycles. The maximum atomic E-state index is 11.0. The lowest BCUT2D eigenvalue weighted by Crippen LogP contribution is -2.37. The van der Waals surface area contributed by atoms with Crippen LogP contribution in [0.2, 0.25) is 0 Å². The van der Waals surface area contributed by atoms with Gasteiger partial charge in [0.25, 0.3) is 0 Å². The molecule has 38 heavy (non-hydrogen) atoms. The monoisotopic (exact) mass is 518 g/mol. The Morgan fingerprint density at radius 1 is 0.763 bits per heavy atom. The van der Waals surface area contributed by atoms with Gasteiger partial charge in [0.05, 0.1) is 0 Å². The number of fused-ring (bicyclic) bond motifs is 1. The van der Waals surface area contributed by atoms with Gasteiger partial charge >= 0.3 is 0 Å². The van der Waals surface area contributed by atoms with E-state index in [2.05, 4.69) is 45.1 Å². The van der Waals surface area contributed by atoms with Gasteiger partial charge in [0.1, 0.15) is 17.1 Å². The zero-order chi connectivity index (χ0) is 27.2. The minimum absolute atomic E-state index is 0.112. The minimum Gasteiger partial charge on any atom is -0.507 e. The van der Waals surface area contributed by atoms with Crippen molar-refractivity contribution in [1.29, 1.82) is 0 Å². The van der Waals surface area contributed by atoms with Crippen LogP contribution in [0.25, 0.3) is 12.2 Å². The van der Waals surface area contributed by atoms with E-state index in [0.717, 1.165) is 52.8 Å². The van der Waals surface area contributed by atoms with Crippen LogP contribution in [-0.4, -0.2) is 10.7 Å². The van der Waals surface area contributed by atoms with Crippen molar-refractivity contribution in [2.75, 3.05) is 0 Å². The number of unbranched alkanes of at least 4 members (excludes halogenated alkanes) is 13. The molecule has 0 aliphatic carbocycles. The molecule has 3 rings (SSSR count). The molecule has 210 valence electrons. The molecule has 0 fully saturated rings. The number of benzene rings is 2. The van der Waals surface area contributed by atoms with Gasteiger partial charge in [-0.05, 0) is 63.1 Å². The predicted octanol–water partition coefficient (Wildman–Crippen LogP) is 11.1. The second kappa shape index (κ2) is 16.0. The van der Waals surface area contributed by atoms with E-state index in [9.17, 15) is 5.11 Å². The first kappa shape index (κ1) is 30.3. The summed E-state index contributed by atoms with van der Waals surface area (Å²) >= 11 is 0. The van der Waals surface area contributed by atoms with E-state index < -0.39 is 0 Å². The Hall–Kier alpha value is -2.22. The smallest absolute Gasteiger partial charge is 0.127 e. The third-order valence-corrected chi connectivity index (χ3v) is 8.67. The Morgan fingerprint density at radius 2 is 1.32 bits per heavy atom. The van der Waals surface area contributed by atoms with Crippen LogP contribution >= 0.6 is 0 Å². The van der Waals surface area contributed by atoms with Gasteiger partial charge in [-0.25, -0.2) is 0 Å². The lowest BCUT2D eigenvalue weighted by Gasteiger charge is -2.38. The summed E-state index contributed by atoms with van der Waals surface area (Å²) < 4.78 is 6.75. The van der Waals surface area contributed by atoms with Crippen molar-refractivity contribution in [3.05, 3.63) is 58.1 Å². The van der Waals surface area contributed by atoms with Crippen LogP contribution < -0.4 is 4.74 Å². The topological polar surface area (TPSA) is 29.5 Å². The number of ether oxygens (including phenoxy) is 1. The van der Waals surface area contributed by atoms with E-state index in [1.807, 2.05) is 25.1 Å². The van der Waals surface area contributed by atoms with Gasteiger partial charge in [-0.3, -0.25) is 0 Å². The number of rotatable bonds is 17. The molecule has 1 aliphatic heterocycles. The molecule has 2 aromatic carbocycles. The first-order chi connectivity index (χ1) is 18.4. The number of aromatic hydroxyl groups is 1. The largest absolute Gasteiger partial charge is 0.507 e. The predicted molar refractivity (Wildman–Crippen MR) is 165 cm³/mol. The Labute approximate surface area is 233 Å². The molecule has 0 spiro atoms. The summed E-state index contributed by atoms with van der Waals surface area (Å²) in [5.74, 6) is 1.40. The van der Waals surface area contributed by atoms with Crippen molar-refractivity contribution in [3.8, 4) is 11.5 Å². The van der Waals surface area contributed by atoms with Gasteiger partial charge in [0.2, 0.25) is 0 Å². The summed E-state index contributed by atoms with van der Waals surface area (Å²) in [4.78, 5) is 0. The van der Waals surface area contributed by atoms with Crippen molar-refractivity contribution in [1.82, 2.24) is 0 Å². The fourth-order valence-corrected chi connectivity index (χ4v) is 5.91. The normalized spacial score (nSPS) is 17.1. The van der Waals surface area contributed by atoms with E-state index >= 15 is 0 Å². The van der Waals surface area contributed by atoms with E-state index in [-0.39, 0.29) is 5.60 Å². The third-order valence-electron chi connectivity index (χ3n) is 8.67. The summed E-state index contributed by atoms with van der Waals surface area (Å²) in [7, 11) is 0. The van der Waals surface area contributed by atoms with Gasteiger partial charge in [0.15, 0.2) is 0 Å². The summed E-state index contributed by atoms with van der Waals surface area (Å²) in [5.41, 5.74) is 5.12. The van der Waals surface area contributed by atoms with Crippen LogP contribution in [0.1, 0.15) is 144 Å². The highest BCUT2D eigenvalue weighted by Gasteiger charge is 2.34. The fourth-order valence-electron chi connectivity index (χ4n) is 5.91. The molecule has 0 radical (unpaired) electrons. The van der Waals surface area contributed by atoms with Gasteiger partial charge in [-0.15, -0.1) is 0 Å². The summed E-state index contributed by atoms with van der Waals surface area (Å²) in [5, 5.41) is 11.0. The number of hydrogen-bond donors (Lipinski definition) is 1. The van der Waals surface area contributed by atoms with E-state index in [1.165, 1.54) is 89.9 Å². The van der Waals surface area contributed by atoms with Gasteiger partial charge in [-0.1, -0.05) is 133 Å². The van der Waals surface area contributed by atoms with E-state index in [4.69, 9.17) is 4.74 Å². The molecule has 0 saturated carbocycles. The van der Waals surface area contributed by atoms with Crippen LogP contribution in [0.5, 0.6) is 11.5 Å². The van der Waals surface area contributed by atoms with Crippen LogP contribution in [-0.2, 0) is 6.42 Å². The zero-order valence-electron chi connectivity index (χ0n) is 24.9. The fraction of sp³-hybridized carbons (Fsp3) is 0.611. The Bertz CT molecular complexity index is 990. The molecular formula is C36H54O2. The molecule has 0 bridgehead atoms. The van der Waals surface area contributed by atoms with Gasteiger partial charge in [0, 0.05) is 11.1 Å². The molecule has 1 heterocycles. The minimum atomic E-state index is -0.112. The van der Waals surface area contributed by atoms with Crippen LogP contribution in [0, 0.1) is 13.8 Å². The SMILES string of the molecule is CCCCCCCCCCCCCCCCC1(C)CCc2c(/C=C/c3ccccc3)c(O)c(C)c(C)c2O1. The van der Waals surface area contributed by atoms with E-state index in [0.29, 0.717) is 5.75 Å². The average Bonchev–Trinajstić information content (AvgIpc) is 2.93. The Balaban J connectivity index is 1.41. The highest BCUT2D eigenvalue weighted by atomic mass is 16.5. The molecule has 1 unspecified atom stereocenters. The first-order valence-corrected chi connectivity index (χ1v) is 15.7. The third kappa shape index (κ3) is 9.21. The molecule has 2 aromatic rings. The van der Waals surface area contributed by atoms with Crippen molar-refractivity contribution in [2.24, 2.45) is 0 Å². The quantitative estimate of drug-likeness (QED) is 0.167. The maximum Gasteiger partial charge on any atom is 0.127 e. The number of hydrogen-bond acceptors (Lipinski definition) is 2. The van der Waals surface area contributed by atoms with Crippen molar-refractivity contribution >= 4 is 12.2 Å². The lowest BCUT2D eigenvalue weighted by molar-refractivity contribution is 0.0523. The summed E-state index contributed by atoms with van der Waals surface area (Å²) in [6.07, 6.45) is 26.7. The molecule has 0 saturated heterocycles. The number of phenols is 1. The van der Waals surface area contributed by atoms with Gasteiger partial charge in [-0.2, -0.15) is 0 Å². The molecule has 2 nitrogen and oxygen atoms in total. The van der Waals surface area contributed by atoms with Crippen molar-refractivity contribution in [2.45, 2.75) is 142 Å². The highest BCUT2D eigenvalue weighted by Crippen LogP contribution is 2.45. The standard InChI is InChI=1S/C36H54O2/c1-5-6-7-8-9-10-11-12-13-14-15-16-17-21-27-36(4)28-26-33-32(25-24-31-22-19-18-20-23-31)34(37)29(2)30(3)35(33)38-36/h18-20,22-25,37H,5-17,21,26-28H2,1-4H3/b25-24+. The molecule has 0 amide bonds.